The molecule has 108 valence electrons. The molecule has 1 N–H and O–H groups in total. The number of halogens is 2. The molecule has 1 aromatic carbocycles. The second kappa shape index (κ2) is 7.86. The lowest BCUT2D eigenvalue weighted by molar-refractivity contribution is 0.272. The van der Waals surface area contributed by atoms with Crippen LogP contribution in [-0.2, 0) is 6.42 Å². The fourth-order valence-corrected chi connectivity index (χ4v) is 2.69. The summed E-state index contributed by atoms with van der Waals surface area (Å²) in [7, 11) is 0. The van der Waals surface area contributed by atoms with Crippen molar-refractivity contribution in [2.24, 2.45) is 5.41 Å². The van der Waals surface area contributed by atoms with Crippen LogP contribution in [0.25, 0.3) is 0 Å². The quantitative estimate of drug-likeness (QED) is 0.675. The van der Waals surface area contributed by atoms with Crippen LogP contribution in [-0.4, -0.2) is 13.1 Å². The normalized spacial score (nSPS) is 14.4. The Morgan fingerprint density at radius 3 is 2.58 bits per heavy atom. The van der Waals surface area contributed by atoms with Crippen molar-refractivity contribution in [2.45, 2.75) is 46.5 Å². The summed E-state index contributed by atoms with van der Waals surface area (Å²) < 4.78 is 13.9. The standard InChI is InChI=1S/C16H25ClFN/c1-4-8-16(3,12-19-9-5-2)11-13-6-7-14(17)10-15(13)18/h6-7,10,19H,4-5,8-9,11-12H2,1-3H3. The highest BCUT2D eigenvalue weighted by atomic mass is 35.5. The second-order valence-electron chi connectivity index (χ2n) is 5.65. The van der Waals surface area contributed by atoms with Gasteiger partial charge in [0.15, 0.2) is 0 Å². The van der Waals surface area contributed by atoms with E-state index in [9.17, 15) is 4.39 Å². The first kappa shape index (κ1) is 16.5. The molecule has 0 aliphatic carbocycles. The largest absolute Gasteiger partial charge is 0.316 e. The molecule has 1 unspecified atom stereocenters. The van der Waals surface area contributed by atoms with E-state index in [2.05, 4.69) is 26.1 Å². The van der Waals surface area contributed by atoms with E-state index in [4.69, 9.17) is 11.6 Å². The summed E-state index contributed by atoms with van der Waals surface area (Å²) in [5.41, 5.74) is 0.858. The Labute approximate surface area is 121 Å². The maximum Gasteiger partial charge on any atom is 0.127 e. The van der Waals surface area contributed by atoms with E-state index in [-0.39, 0.29) is 11.2 Å². The van der Waals surface area contributed by atoms with Gasteiger partial charge in [-0.2, -0.15) is 0 Å². The minimum atomic E-state index is -0.190. The van der Waals surface area contributed by atoms with Gasteiger partial charge in [0, 0.05) is 11.6 Å². The first-order chi connectivity index (χ1) is 9.00. The molecule has 0 fully saturated rings. The van der Waals surface area contributed by atoms with Gasteiger partial charge in [-0.15, -0.1) is 0 Å². The molecule has 0 heterocycles. The zero-order valence-electron chi connectivity index (χ0n) is 12.2. The van der Waals surface area contributed by atoms with E-state index in [1.54, 1.807) is 6.07 Å². The minimum absolute atomic E-state index is 0.0958. The number of hydrogen-bond donors (Lipinski definition) is 1. The Hall–Kier alpha value is -0.600. The van der Waals surface area contributed by atoms with Crippen LogP contribution < -0.4 is 5.32 Å². The molecule has 0 aromatic heterocycles. The Morgan fingerprint density at radius 2 is 2.00 bits per heavy atom. The molecule has 19 heavy (non-hydrogen) atoms. The van der Waals surface area contributed by atoms with Crippen LogP contribution in [0.5, 0.6) is 0 Å². The minimum Gasteiger partial charge on any atom is -0.316 e. The zero-order valence-corrected chi connectivity index (χ0v) is 13.0. The molecule has 0 aliphatic rings. The summed E-state index contributed by atoms with van der Waals surface area (Å²) in [5, 5.41) is 3.92. The molecule has 0 bridgehead atoms. The van der Waals surface area contributed by atoms with Crippen LogP contribution in [0.1, 0.15) is 45.6 Å². The lowest BCUT2D eigenvalue weighted by Crippen LogP contribution is -2.34. The summed E-state index contributed by atoms with van der Waals surface area (Å²) in [5.74, 6) is -0.190. The van der Waals surface area contributed by atoms with E-state index < -0.39 is 0 Å². The topological polar surface area (TPSA) is 12.0 Å². The predicted molar refractivity (Wildman–Crippen MR) is 81.3 cm³/mol. The monoisotopic (exact) mass is 285 g/mol. The lowest BCUT2D eigenvalue weighted by Gasteiger charge is -2.30. The third-order valence-corrected chi connectivity index (χ3v) is 3.70. The molecule has 1 nitrogen and oxygen atoms in total. The van der Waals surface area contributed by atoms with Gasteiger partial charge in [0.25, 0.3) is 0 Å². The Bertz CT molecular complexity index is 394. The molecule has 0 amide bonds. The van der Waals surface area contributed by atoms with Gasteiger partial charge in [0.2, 0.25) is 0 Å². The maximum absolute atomic E-state index is 13.9. The van der Waals surface area contributed by atoms with Crippen LogP contribution in [0.2, 0.25) is 5.02 Å². The first-order valence-corrected chi connectivity index (χ1v) is 7.53. The molecule has 0 saturated heterocycles. The van der Waals surface area contributed by atoms with Crippen molar-refractivity contribution in [3.63, 3.8) is 0 Å². The fraction of sp³-hybridized carbons (Fsp3) is 0.625. The number of nitrogens with one attached hydrogen (secondary N) is 1. The van der Waals surface area contributed by atoms with Gasteiger partial charge in [-0.1, -0.05) is 44.9 Å². The molecule has 0 aliphatic heterocycles. The summed E-state index contributed by atoms with van der Waals surface area (Å²) in [6.07, 6.45) is 4.07. The summed E-state index contributed by atoms with van der Waals surface area (Å²) in [6, 6.07) is 4.99. The van der Waals surface area contributed by atoms with Gasteiger partial charge in [0.05, 0.1) is 0 Å². The zero-order chi connectivity index (χ0) is 14.3. The number of hydrogen-bond acceptors (Lipinski definition) is 1. The molecular formula is C16H25ClFN. The van der Waals surface area contributed by atoms with Gasteiger partial charge < -0.3 is 5.32 Å². The molecule has 0 spiro atoms. The van der Waals surface area contributed by atoms with Crippen LogP contribution in [0.15, 0.2) is 18.2 Å². The van der Waals surface area contributed by atoms with Crippen molar-refractivity contribution in [2.75, 3.05) is 13.1 Å². The molecule has 1 atom stereocenters. The number of benzene rings is 1. The van der Waals surface area contributed by atoms with Crippen molar-refractivity contribution in [1.82, 2.24) is 5.32 Å². The van der Waals surface area contributed by atoms with E-state index in [1.165, 1.54) is 6.07 Å². The Balaban J connectivity index is 2.75. The van der Waals surface area contributed by atoms with Crippen molar-refractivity contribution in [3.8, 4) is 0 Å². The highest BCUT2D eigenvalue weighted by molar-refractivity contribution is 6.30. The summed E-state index contributed by atoms with van der Waals surface area (Å²) in [6.45, 7) is 8.51. The highest BCUT2D eigenvalue weighted by Gasteiger charge is 2.24. The Kier molecular flexibility index (Phi) is 6.81. The molecule has 0 saturated carbocycles. The summed E-state index contributed by atoms with van der Waals surface area (Å²) in [4.78, 5) is 0. The third kappa shape index (κ3) is 5.50. The average molecular weight is 286 g/mol. The van der Waals surface area contributed by atoms with Crippen LogP contribution in [0, 0.1) is 11.2 Å². The SMILES string of the molecule is CCCNCC(C)(CCC)Cc1ccc(Cl)cc1F. The fourth-order valence-electron chi connectivity index (χ4n) is 2.53. The van der Waals surface area contributed by atoms with Crippen LogP contribution in [0.4, 0.5) is 4.39 Å². The van der Waals surface area contributed by atoms with Gasteiger partial charge in [0.1, 0.15) is 5.82 Å². The lowest BCUT2D eigenvalue weighted by atomic mass is 9.79. The van der Waals surface area contributed by atoms with Crippen LogP contribution in [0.3, 0.4) is 0 Å². The smallest absolute Gasteiger partial charge is 0.127 e. The van der Waals surface area contributed by atoms with E-state index in [1.807, 2.05) is 6.07 Å². The van der Waals surface area contributed by atoms with Crippen LogP contribution >= 0.6 is 11.6 Å². The average Bonchev–Trinajstić information content (AvgIpc) is 2.34. The Morgan fingerprint density at radius 1 is 1.26 bits per heavy atom. The second-order valence-corrected chi connectivity index (χ2v) is 6.09. The predicted octanol–water partition coefficient (Wildman–Crippen LogP) is 4.83. The van der Waals surface area contributed by atoms with Crippen molar-refractivity contribution < 1.29 is 4.39 Å². The highest BCUT2D eigenvalue weighted by Crippen LogP contribution is 2.29. The molecule has 1 aromatic rings. The summed E-state index contributed by atoms with van der Waals surface area (Å²) >= 11 is 5.80. The van der Waals surface area contributed by atoms with Crippen molar-refractivity contribution in [1.29, 1.82) is 0 Å². The van der Waals surface area contributed by atoms with Crippen molar-refractivity contribution >= 4 is 11.6 Å². The first-order valence-electron chi connectivity index (χ1n) is 7.15. The molecular weight excluding hydrogens is 261 g/mol. The van der Waals surface area contributed by atoms with E-state index in [0.29, 0.717) is 5.02 Å². The van der Waals surface area contributed by atoms with E-state index in [0.717, 1.165) is 44.3 Å². The van der Waals surface area contributed by atoms with Crippen molar-refractivity contribution in [3.05, 3.63) is 34.6 Å². The van der Waals surface area contributed by atoms with Gasteiger partial charge in [-0.3, -0.25) is 0 Å². The molecule has 1 rings (SSSR count). The third-order valence-electron chi connectivity index (χ3n) is 3.46. The van der Waals surface area contributed by atoms with E-state index >= 15 is 0 Å². The van der Waals surface area contributed by atoms with Gasteiger partial charge in [-0.05, 0) is 48.9 Å². The van der Waals surface area contributed by atoms with Gasteiger partial charge >= 0.3 is 0 Å². The maximum atomic E-state index is 13.9. The molecule has 3 heteroatoms. The van der Waals surface area contributed by atoms with Gasteiger partial charge in [-0.25, -0.2) is 4.39 Å². The number of rotatable bonds is 8. The molecule has 0 radical (unpaired) electrons.